The first kappa shape index (κ1) is 30.4. The van der Waals surface area contributed by atoms with E-state index in [9.17, 15) is 0 Å². The fourth-order valence-corrected chi connectivity index (χ4v) is 1.43. The van der Waals surface area contributed by atoms with Crippen LogP contribution in [0.1, 0.15) is 65.5 Å². The molecule has 3 aromatic rings. The quantitative estimate of drug-likeness (QED) is 0.364. The molecular weight excluding hydrogens is 336 g/mol. The number of rotatable bonds is 0. The molecule has 0 heterocycles. The Morgan fingerprint density at radius 1 is 0.393 bits per heavy atom. The Kier molecular flexibility index (Phi) is 31.9. The van der Waals surface area contributed by atoms with Crippen molar-refractivity contribution in [2.45, 2.75) is 68.2 Å². The van der Waals surface area contributed by atoms with Crippen LogP contribution in [0.3, 0.4) is 0 Å². The molecule has 3 aromatic carbocycles. The van der Waals surface area contributed by atoms with Crippen molar-refractivity contribution in [3.63, 3.8) is 0 Å². The highest BCUT2D eigenvalue weighted by Crippen LogP contribution is 2.02. The van der Waals surface area contributed by atoms with Gasteiger partial charge in [-0.1, -0.05) is 151 Å². The fraction of sp³-hybridized carbons (Fsp3) is 0.357. The normalized spacial score (nSPS) is 7.57. The van der Waals surface area contributed by atoms with Gasteiger partial charge in [0, 0.05) is 0 Å². The van der Waals surface area contributed by atoms with Gasteiger partial charge in [0.15, 0.2) is 0 Å². The predicted octanol–water partition coefficient (Wildman–Crippen LogP) is 9.54. The van der Waals surface area contributed by atoms with E-state index in [2.05, 4.69) is 65.8 Å². The molecule has 28 heavy (non-hydrogen) atoms. The first-order chi connectivity index (χ1) is 13.6. The minimum absolute atomic E-state index is 1.25. The van der Waals surface area contributed by atoms with Crippen LogP contribution < -0.4 is 0 Å². The SMILES string of the molecule is CC.CCC.CCC.Cc1ccccc1C.c1ccccc1.c1ccccc1. The third-order valence-corrected chi connectivity index (χ3v) is 2.76. The molecule has 0 aromatic heterocycles. The van der Waals surface area contributed by atoms with Gasteiger partial charge in [-0.3, -0.25) is 0 Å². The number of benzene rings is 3. The zero-order valence-electron chi connectivity index (χ0n) is 19.7. The van der Waals surface area contributed by atoms with Gasteiger partial charge in [-0.2, -0.15) is 0 Å². The molecule has 0 saturated carbocycles. The molecule has 156 valence electrons. The van der Waals surface area contributed by atoms with Crippen LogP contribution in [0.5, 0.6) is 0 Å². The summed E-state index contributed by atoms with van der Waals surface area (Å²) in [6, 6.07) is 32.4. The smallest absolute Gasteiger partial charge is 0.0395 e. The molecule has 3 rings (SSSR count). The Morgan fingerprint density at radius 3 is 0.643 bits per heavy atom. The summed E-state index contributed by atoms with van der Waals surface area (Å²) >= 11 is 0. The molecule has 0 spiro atoms. The van der Waals surface area contributed by atoms with E-state index < -0.39 is 0 Å². The minimum atomic E-state index is 1.25. The van der Waals surface area contributed by atoms with Crippen molar-refractivity contribution >= 4 is 0 Å². The second-order valence-electron chi connectivity index (χ2n) is 5.81. The highest BCUT2D eigenvalue weighted by Gasteiger charge is 1.83. The molecule has 0 atom stereocenters. The Labute approximate surface area is 176 Å². The van der Waals surface area contributed by atoms with Crippen molar-refractivity contribution in [1.82, 2.24) is 0 Å². The van der Waals surface area contributed by atoms with Crippen LogP contribution in [0.15, 0.2) is 97.1 Å². The molecule has 0 radical (unpaired) electrons. The van der Waals surface area contributed by atoms with Crippen LogP contribution in [0, 0.1) is 13.8 Å². The highest BCUT2D eigenvalue weighted by molar-refractivity contribution is 5.23. The molecule has 0 aliphatic heterocycles. The molecule has 0 fully saturated rings. The summed E-state index contributed by atoms with van der Waals surface area (Å²) in [5, 5.41) is 0. The lowest BCUT2D eigenvalue weighted by molar-refractivity contribution is 1.09. The first-order valence-electron chi connectivity index (χ1n) is 10.7. The second-order valence-corrected chi connectivity index (χ2v) is 5.81. The first-order valence-corrected chi connectivity index (χ1v) is 10.7. The molecule has 0 unspecified atom stereocenters. The third-order valence-electron chi connectivity index (χ3n) is 2.76. The molecule has 0 amide bonds. The van der Waals surface area contributed by atoms with Crippen LogP contribution in [-0.4, -0.2) is 0 Å². The van der Waals surface area contributed by atoms with Gasteiger partial charge >= 0.3 is 0 Å². The maximum Gasteiger partial charge on any atom is -0.0395 e. The minimum Gasteiger partial charge on any atom is -0.0683 e. The largest absolute Gasteiger partial charge is 0.0683 e. The Bertz CT molecular complexity index is 462. The van der Waals surface area contributed by atoms with Crippen molar-refractivity contribution in [3.8, 4) is 0 Å². The Hall–Kier alpha value is -2.34. The van der Waals surface area contributed by atoms with Gasteiger partial charge in [0.1, 0.15) is 0 Å². The number of hydrogen-bond donors (Lipinski definition) is 0. The van der Waals surface area contributed by atoms with Gasteiger partial charge in [-0.25, -0.2) is 0 Å². The summed E-state index contributed by atoms with van der Waals surface area (Å²) in [5.74, 6) is 0. The second kappa shape index (κ2) is 29.4. The molecule has 0 aliphatic carbocycles. The predicted molar refractivity (Wildman–Crippen MR) is 132 cm³/mol. The van der Waals surface area contributed by atoms with E-state index >= 15 is 0 Å². The van der Waals surface area contributed by atoms with Gasteiger partial charge in [0.05, 0.1) is 0 Å². The number of hydrogen-bond acceptors (Lipinski definition) is 0. The van der Waals surface area contributed by atoms with E-state index in [0.717, 1.165) is 0 Å². The summed E-state index contributed by atoms with van der Waals surface area (Å²) in [6.45, 7) is 16.7. The molecule has 0 bridgehead atoms. The van der Waals surface area contributed by atoms with Gasteiger partial charge < -0.3 is 0 Å². The van der Waals surface area contributed by atoms with Crippen molar-refractivity contribution < 1.29 is 0 Å². The molecule has 0 nitrogen and oxygen atoms in total. The number of aryl methyl sites for hydroxylation is 2. The van der Waals surface area contributed by atoms with Crippen LogP contribution in [-0.2, 0) is 0 Å². The molecule has 0 heteroatoms. The molecule has 0 N–H and O–H groups in total. The standard InChI is InChI=1S/C8H10.2C6H6.2C3H8.C2H6/c1-7-5-3-4-6-8(7)2;2*1-2-4-6-5-3-1;2*1-3-2;1-2/h3-6H,1-2H3;2*1-6H;2*3H2,1-2H3;1-2H3. The molecule has 0 saturated heterocycles. The third kappa shape index (κ3) is 28.5. The molecule has 0 aliphatic rings. The van der Waals surface area contributed by atoms with Crippen LogP contribution >= 0.6 is 0 Å². The van der Waals surface area contributed by atoms with Gasteiger partial charge in [0.2, 0.25) is 0 Å². The van der Waals surface area contributed by atoms with Crippen LogP contribution in [0.4, 0.5) is 0 Å². The van der Waals surface area contributed by atoms with E-state index in [1.807, 2.05) is 86.6 Å². The van der Waals surface area contributed by atoms with E-state index in [1.54, 1.807) is 0 Å². The topological polar surface area (TPSA) is 0 Å². The van der Waals surface area contributed by atoms with Crippen molar-refractivity contribution in [2.24, 2.45) is 0 Å². The average Bonchev–Trinajstić information content (AvgIpc) is 2.76. The van der Waals surface area contributed by atoms with Crippen molar-refractivity contribution in [2.75, 3.05) is 0 Å². The summed E-state index contributed by atoms with van der Waals surface area (Å²) in [7, 11) is 0. The van der Waals surface area contributed by atoms with E-state index in [-0.39, 0.29) is 0 Å². The summed E-state index contributed by atoms with van der Waals surface area (Å²) in [5.41, 5.74) is 2.74. The zero-order chi connectivity index (χ0) is 21.9. The fourth-order valence-electron chi connectivity index (χ4n) is 1.43. The van der Waals surface area contributed by atoms with Crippen molar-refractivity contribution in [3.05, 3.63) is 108 Å². The summed E-state index contributed by atoms with van der Waals surface area (Å²) in [4.78, 5) is 0. The summed E-state index contributed by atoms with van der Waals surface area (Å²) in [6.07, 6.45) is 2.50. The van der Waals surface area contributed by atoms with Crippen LogP contribution in [0.25, 0.3) is 0 Å². The Balaban J connectivity index is -0.000000286. The molecular formula is C28H44. The maximum absolute atomic E-state index is 2.12. The highest BCUT2D eigenvalue weighted by atomic mass is 13.9. The lowest BCUT2D eigenvalue weighted by Crippen LogP contribution is -1.74. The zero-order valence-corrected chi connectivity index (χ0v) is 19.7. The van der Waals surface area contributed by atoms with Gasteiger partial charge in [-0.05, 0) is 25.0 Å². The lowest BCUT2D eigenvalue weighted by atomic mass is 10.1. The van der Waals surface area contributed by atoms with Crippen LogP contribution in [0.2, 0.25) is 0 Å². The van der Waals surface area contributed by atoms with E-state index in [4.69, 9.17) is 0 Å². The average molecular weight is 381 g/mol. The van der Waals surface area contributed by atoms with Crippen molar-refractivity contribution in [1.29, 1.82) is 0 Å². The van der Waals surface area contributed by atoms with Gasteiger partial charge in [0.25, 0.3) is 0 Å². The summed E-state index contributed by atoms with van der Waals surface area (Å²) < 4.78 is 0. The lowest BCUT2D eigenvalue weighted by Gasteiger charge is -1.93. The van der Waals surface area contributed by atoms with E-state index in [0.29, 0.717) is 0 Å². The maximum atomic E-state index is 2.12. The Morgan fingerprint density at radius 2 is 0.536 bits per heavy atom. The van der Waals surface area contributed by atoms with Gasteiger partial charge in [-0.15, -0.1) is 0 Å². The monoisotopic (exact) mass is 380 g/mol. The van der Waals surface area contributed by atoms with E-state index in [1.165, 1.54) is 24.0 Å².